The van der Waals surface area contributed by atoms with Crippen molar-refractivity contribution in [1.82, 2.24) is 0 Å². The fraction of sp³-hybridized carbons (Fsp3) is 0.143. The van der Waals surface area contributed by atoms with E-state index in [9.17, 15) is 22.0 Å². The third kappa shape index (κ3) is 4.17. The van der Waals surface area contributed by atoms with Gasteiger partial charge in [0.25, 0.3) is 0 Å². The Morgan fingerprint density at radius 1 is 1.00 bits per heavy atom. The van der Waals surface area contributed by atoms with Crippen molar-refractivity contribution >= 4 is 21.6 Å². The van der Waals surface area contributed by atoms with Gasteiger partial charge >= 0.3 is 6.18 Å². The Bertz CT molecular complexity index is 654. The van der Waals surface area contributed by atoms with E-state index in [1.807, 2.05) is 0 Å². The summed E-state index contributed by atoms with van der Waals surface area (Å²) in [6, 6.07) is 6.36. The van der Waals surface area contributed by atoms with E-state index >= 15 is 0 Å². The second kappa shape index (κ2) is 6.01. The van der Waals surface area contributed by atoms with Crippen LogP contribution in [0.3, 0.4) is 0 Å². The highest BCUT2D eigenvalue weighted by atomic mass is 79.9. The van der Waals surface area contributed by atoms with Crippen molar-refractivity contribution in [3.63, 3.8) is 0 Å². The van der Waals surface area contributed by atoms with Crippen LogP contribution in [0.25, 0.3) is 0 Å². The Balaban J connectivity index is 2.18. The highest BCUT2D eigenvalue weighted by Crippen LogP contribution is 2.33. The molecule has 0 aliphatic heterocycles. The summed E-state index contributed by atoms with van der Waals surface area (Å²) in [4.78, 5) is 0. The van der Waals surface area contributed by atoms with Gasteiger partial charge in [0, 0.05) is 28.3 Å². The smallest absolute Gasteiger partial charge is 0.381 e. The molecule has 7 heteroatoms. The zero-order valence-corrected chi connectivity index (χ0v) is 12.0. The molecule has 0 saturated carbocycles. The molecule has 0 heterocycles. The number of hydrogen-bond donors (Lipinski definition) is 1. The predicted octanol–water partition coefficient (Wildman–Crippen LogP) is 5.36. The van der Waals surface area contributed by atoms with Gasteiger partial charge in [-0.2, -0.15) is 13.2 Å². The van der Waals surface area contributed by atoms with Gasteiger partial charge in [-0.3, -0.25) is 0 Å². The van der Waals surface area contributed by atoms with E-state index in [4.69, 9.17) is 0 Å². The van der Waals surface area contributed by atoms with E-state index in [0.29, 0.717) is 0 Å². The highest BCUT2D eigenvalue weighted by Gasteiger charge is 2.31. The molecule has 0 atom stereocenters. The lowest BCUT2D eigenvalue weighted by molar-refractivity contribution is -0.137. The molecule has 0 fully saturated rings. The first-order chi connectivity index (χ1) is 9.75. The molecule has 2 rings (SSSR count). The lowest BCUT2D eigenvalue weighted by atomic mass is 10.1. The van der Waals surface area contributed by atoms with Crippen LogP contribution in [0.5, 0.6) is 0 Å². The number of anilines is 1. The first-order valence-electron chi connectivity index (χ1n) is 5.81. The quantitative estimate of drug-likeness (QED) is 0.722. The normalized spacial score (nSPS) is 11.5. The van der Waals surface area contributed by atoms with Crippen molar-refractivity contribution in [3.05, 3.63) is 63.6 Å². The summed E-state index contributed by atoms with van der Waals surface area (Å²) >= 11 is 2.99. The predicted molar refractivity (Wildman–Crippen MR) is 72.8 cm³/mol. The third-order valence-corrected chi connectivity index (χ3v) is 3.18. The maximum absolute atomic E-state index is 13.4. The maximum atomic E-state index is 13.4. The third-order valence-electron chi connectivity index (χ3n) is 2.72. The van der Waals surface area contributed by atoms with Gasteiger partial charge in [0.05, 0.1) is 5.56 Å². The van der Waals surface area contributed by atoms with E-state index < -0.39 is 23.4 Å². The molecule has 21 heavy (non-hydrogen) atoms. The van der Waals surface area contributed by atoms with Crippen molar-refractivity contribution in [2.75, 3.05) is 5.32 Å². The monoisotopic (exact) mass is 365 g/mol. The molecule has 1 nitrogen and oxygen atoms in total. The second-order valence-electron chi connectivity index (χ2n) is 4.32. The van der Waals surface area contributed by atoms with Gasteiger partial charge in [0.2, 0.25) is 0 Å². The fourth-order valence-corrected chi connectivity index (χ4v) is 2.21. The molecular formula is C14H9BrF5N. The fourth-order valence-electron chi connectivity index (χ4n) is 1.72. The molecule has 0 saturated heterocycles. The first kappa shape index (κ1) is 15.8. The Morgan fingerprint density at radius 3 is 2.33 bits per heavy atom. The van der Waals surface area contributed by atoms with Crippen LogP contribution < -0.4 is 5.32 Å². The number of benzene rings is 2. The molecule has 0 spiro atoms. The highest BCUT2D eigenvalue weighted by molar-refractivity contribution is 9.10. The minimum absolute atomic E-state index is 0.0557. The van der Waals surface area contributed by atoms with Gasteiger partial charge < -0.3 is 5.32 Å². The van der Waals surface area contributed by atoms with Crippen molar-refractivity contribution in [3.8, 4) is 0 Å². The summed E-state index contributed by atoms with van der Waals surface area (Å²) in [5, 5.41) is 2.68. The second-order valence-corrected chi connectivity index (χ2v) is 5.23. The molecule has 0 aliphatic rings. The van der Waals surface area contributed by atoms with Crippen LogP contribution in [0.15, 0.2) is 40.9 Å². The van der Waals surface area contributed by atoms with Crippen LogP contribution in [0.1, 0.15) is 11.1 Å². The summed E-state index contributed by atoms with van der Waals surface area (Å²) in [7, 11) is 0. The van der Waals surface area contributed by atoms with Crippen molar-refractivity contribution < 1.29 is 22.0 Å². The molecule has 0 aromatic heterocycles. The minimum atomic E-state index is -4.47. The Hall–Kier alpha value is -1.63. The lowest BCUT2D eigenvalue weighted by Gasteiger charge is -2.12. The summed E-state index contributed by atoms with van der Waals surface area (Å²) < 4.78 is 64.4. The Kier molecular flexibility index (Phi) is 4.51. The molecular weight excluding hydrogens is 357 g/mol. The van der Waals surface area contributed by atoms with E-state index in [1.54, 1.807) is 0 Å². The average molecular weight is 366 g/mol. The van der Waals surface area contributed by atoms with Gasteiger partial charge in [-0.25, -0.2) is 8.78 Å². The molecule has 0 bridgehead atoms. The number of halogens is 6. The molecule has 0 aliphatic carbocycles. The van der Waals surface area contributed by atoms with Gasteiger partial charge in [-0.1, -0.05) is 22.0 Å². The Labute approximate surface area is 125 Å². The van der Waals surface area contributed by atoms with Crippen LogP contribution in [-0.4, -0.2) is 0 Å². The van der Waals surface area contributed by atoms with Crippen LogP contribution in [0, 0.1) is 11.6 Å². The number of hydrogen-bond acceptors (Lipinski definition) is 1. The van der Waals surface area contributed by atoms with E-state index in [1.165, 1.54) is 12.1 Å². The van der Waals surface area contributed by atoms with Crippen LogP contribution >= 0.6 is 15.9 Å². The number of alkyl halides is 3. The van der Waals surface area contributed by atoms with Gasteiger partial charge in [0.1, 0.15) is 11.6 Å². The zero-order chi connectivity index (χ0) is 15.6. The summed E-state index contributed by atoms with van der Waals surface area (Å²) in [6.45, 7) is -0.0557. The minimum Gasteiger partial charge on any atom is -0.381 e. The molecule has 112 valence electrons. The van der Waals surface area contributed by atoms with Gasteiger partial charge in [-0.15, -0.1) is 0 Å². The van der Waals surface area contributed by atoms with E-state index in [0.717, 1.165) is 24.3 Å². The summed E-state index contributed by atoms with van der Waals surface area (Å²) in [6.07, 6.45) is -4.47. The van der Waals surface area contributed by atoms with Crippen LogP contribution in [0.2, 0.25) is 0 Å². The SMILES string of the molecule is Fc1ccc(CNc2cc(Br)cc(C(F)(F)F)c2)c(F)c1. The van der Waals surface area contributed by atoms with Gasteiger partial charge in [-0.05, 0) is 24.3 Å². The van der Waals surface area contributed by atoms with Crippen LogP contribution in [-0.2, 0) is 12.7 Å². The summed E-state index contributed by atoms with van der Waals surface area (Å²) in [5.41, 5.74) is -0.482. The largest absolute Gasteiger partial charge is 0.416 e. The number of rotatable bonds is 3. The maximum Gasteiger partial charge on any atom is 0.416 e. The molecule has 0 unspecified atom stereocenters. The molecule has 2 aromatic rings. The molecule has 0 radical (unpaired) electrons. The molecule has 1 N–H and O–H groups in total. The zero-order valence-electron chi connectivity index (χ0n) is 10.4. The average Bonchev–Trinajstić information content (AvgIpc) is 2.36. The number of nitrogens with one attached hydrogen (secondary N) is 1. The topological polar surface area (TPSA) is 12.0 Å². The molecule has 2 aromatic carbocycles. The lowest BCUT2D eigenvalue weighted by Crippen LogP contribution is -2.07. The summed E-state index contributed by atoms with van der Waals surface area (Å²) in [5.74, 6) is -1.47. The van der Waals surface area contributed by atoms with E-state index in [-0.39, 0.29) is 22.3 Å². The van der Waals surface area contributed by atoms with Crippen molar-refractivity contribution in [2.45, 2.75) is 12.7 Å². The Morgan fingerprint density at radius 2 is 1.71 bits per heavy atom. The van der Waals surface area contributed by atoms with Crippen molar-refractivity contribution in [1.29, 1.82) is 0 Å². The van der Waals surface area contributed by atoms with E-state index in [2.05, 4.69) is 21.2 Å². The first-order valence-corrected chi connectivity index (χ1v) is 6.60. The standard InChI is InChI=1S/C14H9BrF5N/c15-10-3-9(14(18,19)20)4-12(5-10)21-7-8-1-2-11(16)6-13(8)17/h1-6,21H,7H2. The molecule has 0 amide bonds. The van der Waals surface area contributed by atoms with Gasteiger partial charge in [0.15, 0.2) is 0 Å². The van der Waals surface area contributed by atoms with Crippen molar-refractivity contribution in [2.24, 2.45) is 0 Å². The van der Waals surface area contributed by atoms with Crippen LogP contribution in [0.4, 0.5) is 27.6 Å².